The van der Waals surface area contributed by atoms with Crippen LogP contribution in [0.25, 0.3) is 0 Å². The largest absolute Gasteiger partial charge is 0.416 e. The van der Waals surface area contributed by atoms with Crippen LogP contribution in [0, 0.1) is 20.8 Å². The van der Waals surface area contributed by atoms with Gasteiger partial charge < -0.3 is 10.6 Å². The Bertz CT molecular complexity index is 1750. The number of anilines is 5. The van der Waals surface area contributed by atoms with Gasteiger partial charge in [0, 0.05) is 34.7 Å². The number of amides is 3. The lowest BCUT2D eigenvalue weighted by Crippen LogP contribution is -2.49. The first-order valence-electron chi connectivity index (χ1n) is 13.7. The van der Waals surface area contributed by atoms with Gasteiger partial charge in [0.15, 0.2) is 0 Å². The maximum absolute atomic E-state index is 13.9. The molecule has 43 heavy (non-hydrogen) atoms. The van der Waals surface area contributed by atoms with Crippen LogP contribution in [0.3, 0.4) is 0 Å². The highest BCUT2D eigenvalue weighted by Gasteiger charge is 2.42. The van der Waals surface area contributed by atoms with Crippen molar-refractivity contribution in [2.75, 3.05) is 20.4 Å². The Morgan fingerprint density at radius 3 is 2.51 bits per heavy atom. The Balaban J connectivity index is 1.28. The lowest BCUT2D eigenvalue weighted by molar-refractivity contribution is -0.137. The highest BCUT2D eigenvalue weighted by atomic mass is 19.4. The molecule has 1 fully saturated rings. The number of hydrogen-bond acceptors (Lipinski definition) is 6. The van der Waals surface area contributed by atoms with E-state index in [2.05, 4.69) is 20.6 Å². The van der Waals surface area contributed by atoms with Crippen LogP contribution in [0.2, 0.25) is 0 Å². The first-order chi connectivity index (χ1) is 20.5. The molecule has 0 atom stereocenters. The third-order valence-electron chi connectivity index (χ3n) is 7.43. The lowest BCUT2D eigenvalue weighted by Gasteiger charge is -2.37. The SMILES string of the molecule is Cc1ccc(Nc2ncc3c(n2)N(C2CC2)C(=O)N(c2cc(NC(=O)c4cccc(C(F)(F)F)c4)ccc2C)C3)c(C)n1. The molecule has 3 amide bonds. The third-order valence-corrected chi connectivity index (χ3v) is 7.43. The Morgan fingerprint density at radius 1 is 1.00 bits per heavy atom. The van der Waals surface area contributed by atoms with Crippen molar-refractivity contribution in [2.45, 2.75) is 52.4 Å². The molecule has 0 unspecified atom stereocenters. The fourth-order valence-electron chi connectivity index (χ4n) is 5.04. The van der Waals surface area contributed by atoms with Gasteiger partial charge in [-0.25, -0.2) is 9.78 Å². The number of halogens is 3. The molecule has 1 aliphatic carbocycles. The zero-order valence-electron chi connectivity index (χ0n) is 23.7. The van der Waals surface area contributed by atoms with Gasteiger partial charge in [0.05, 0.1) is 29.2 Å². The smallest absolute Gasteiger partial charge is 0.323 e. The van der Waals surface area contributed by atoms with Gasteiger partial charge in [-0.3, -0.25) is 19.6 Å². The summed E-state index contributed by atoms with van der Waals surface area (Å²) in [4.78, 5) is 43.8. The molecule has 1 saturated carbocycles. The van der Waals surface area contributed by atoms with Crippen molar-refractivity contribution in [3.8, 4) is 0 Å². The summed E-state index contributed by atoms with van der Waals surface area (Å²) < 4.78 is 39.5. The Hall–Kier alpha value is -5.00. The van der Waals surface area contributed by atoms with Crippen LogP contribution in [0.5, 0.6) is 0 Å². The summed E-state index contributed by atoms with van der Waals surface area (Å²) in [6.07, 6.45) is -1.17. The van der Waals surface area contributed by atoms with Crippen molar-refractivity contribution in [1.82, 2.24) is 15.0 Å². The van der Waals surface area contributed by atoms with E-state index in [0.29, 0.717) is 23.1 Å². The molecular weight excluding hydrogens is 559 g/mol. The first kappa shape index (κ1) is 28.1. The van der Waals surface area contributed by atoms with Crippen LogP contribution in [-0.4, -0.2) is 32.9 Å². The molecule has 2 aromatic carbocycles. The molecule has 2 aliphatic rings. The van der Waals surface area contributed by atoms with Crippen LogP contribution in [0.15, 0.2) is 60.8 Å². The second kappa shape index (κ2) is 10.7. The number of fused-ring (bicyclic) bond motifs is 1. The van der Waals surface area contributed by atoms with E-state index in [1.165, 1.54) is 12.1 Å². The van der Waals surface area contributed by atoms with Crippen LogP contribution in [-0.2, 0) is 12.7 Å². The van der Waals surface area contributed by atoms with Crippen molar-refractivity contribution < 1.29 is 22.8 Å². The number of aryl methyl sites for hydroxylation is 3. The standard InChI is InChI=1S/C31H28F3N7O2/c1-17-7-9-23(37-28(42)20-5-4-6-22(13-20)31(32,33)34)14-26(17)40-16-21-15-35-29(38-25-12-8-18(2)36-19(25)3)39-27(21)41(30(40)43)24-10-11-24/h4-9,12-15,24H,10-11,16H2,1-3H3,(H,37,42)(H,35,38,39). The van der Waals surface area contributed by atoms with Gasteiger partial charge in [0.2, 0.25) is 5.95 Å². The summed E-state index contributed by atoms with van der Waals surface area (Å²) in [5, 5.41) is 5.87. The number of aromatic nitrogens is 3. The Morgan fingerprint density at radius 2 is 1.79 bits per heavy atom. The number of alkyl halides is 3. The van der Waals surface area contributed by atoms with E-state index < -0.39 is 17.6 Å². The number of rotatable bonds is 6. The van der Waals surface area contributed by atoms with Gasteiger partial charge in [-0.1, -0.05) is 12.1 Å². The van der Waals surface area contributed by atoms with Gasteiger partial charge in [-0.2, -0.15) is 18.2 Å². The first-order valence-corrected chi connectivity index (χ1v) is 13.7. The monoisotopic (exact) mass is 587 g/mol. The minimum atomic E-state index is -4.57. The van der Waals surface area contributed by atoms with Crippen molar-refractivity contribution in [3.63, 3.8) is 0 Å². The highest BCUT2D eigenvalue weighted by Crippen LogP contribution is 2.40. The topological polar surface area (TPSA) is 103 Å². The van der Waals surface area contributed by atoms with Crippen LogP contribution >= 0.6 is 0 Å². The molecule has 2 N–H and O–H groups in total. The summed E-state index contributed by atoms with van der Waals surface area (Å²) in [6, 6.07) is 12.8. The second-order valence-corrected chi connectivity index (χ2v) is 10.8. The molecule has 220 valence electrons. The molecular formula is C31H28F3N7O2. The number of urea groups is 1. The van der Waals surface area contributed by atoms with Crippen LogP contribution in [0.4, 0.5) is 46.8 Å². The number of carbonyl (C=O) groups is 2. The highest BCUT2D eigenvalue weighted by molar-refractivity contribution is 6.08. The van der Waals surface area contributed by atoms with Gasteiger partial charge in [-0.15, -0.1) is 0 Å². The van der Waals surface area contributed by atoms with Crippen molar-refractivity contribution in [3.05, 3.63) is 94.4 Å². The van der Waals surface area contributed by atoms with Gasteiger partial charge in [-0.05, 0) is 81.6 Å². The van der Waals surface area contributed by atoms with E-state index in [1.54, 1.807) is 34.2 Å². The van der Waals surface area contributed by atoms with Crippen molar-refractivity contribution in [1.29, 1.82) is 0 Å². The predicted octanol–water partition coefficient (Wildman–Crippen LogP) is 6.92. The van der Waals surface area contributed by atoms with Crippen LogP contribution in [0.1, 0.15) is 51.3 Å². The molecule has 0 spiro atoms. The predicted molar refractivity (Wildman–Crippen MR) is 157 cm³/mol. The maximum Gasteiger partial charge on any atom is 0.416 e. The molecule has 0 radical (unpaired) electrons. The number of hydrogen-bond donors (Lipinski definition) is 2. The molecule has 3 heterocycles. The zero-order valence-corrected chi connectivity index (χ0v) is 23.7. The minimum absolute atomic E-state index is 0.00341. The summed E-state index contributed by atoms with van der Waals surface area (Å²) in [5.41, 5.74) is 3.88. The normalized spacial score (nSPS) is 14.9. The van der Waals surface area contributed by atoms with E-state index in [4.69, 9.17) is 4.98 Å². The van der Waals surface area contributed by atoms with Crippen molar-refractivity contribution >= 4 is 40.8 Å². The van der Waals surface area contributed by atoms with E-state index in [0.717, 1.165) is 53.2 Å². The maximum atomic E-state index is 13.9. The summed E-state index contributed by atoms with van der Waals surface area (Å²) in [6.45, 7) is 5.86. The summed E-state index contributed by atoms with van der Waals surface area (Å²) in [5.74, 6) is 0.212. The van der Waals surface area contributed by atoms with E-state index in [-0.39, 0.29) is 24.2 Å². The second-order valence-electron chi connectivity index (χ2n) is 10.8. The van der Waals surface area contributed by atoms with E-state index >= 15 is 0 Å². The van der Waals surface area contributed by atoms with E-state index in [1.807, 2.05) is 32.9 Å². The summed E-state index contributed by atoms with van der Waals surface area (Å²) in [7, 11) is 0. The zero-order chi connectivity index (χ0) is 30.5. The average molecular weight is 588 g/mol. The molecule has 2 aromatic heterocycles. The number of pyridine rings is 1. The molecule has 1 aliphatic heterocycles. The fraction of sp³-hybridized carbons (Fsp3) is 0.258. The Kier molecular flexibility index (Phi) is 6.99. The number of nitrogens with one attached hydrogen (secondary N) is 2. The molecule has 6 rings (SSSR count). The van der Waals surface area contributed by atoms with Gasteiger partial charge in [0.1, 0.15) is 5.82 Å². The fourth-order valence-corrected chi connectivity index (χ4v) is 5.04. The van der Waals surface area contributed by atoms with Crippen LogP contribution < -0.4 is 20.4 Å². The molecule has 12 heteroatoms. The number of benzene rings is 2. The molecule has 4 aromatic rings. The average Bonchev–Trinajstić information content (AvgIpc) is 3.80. The Labute approximate surface area is 245 Å². The number of nitrogens with zero attached hydrogens (tertiary/aromatic N) is 5. The molecule has 0 bridgehead atoms. The third kappa shape index (κ3) is 5.72. The molecule has 0 saturated heterocycles. The lowest BCUT2D eigenvalue weighted by atomic mass is 10.1. The minimum Gasteiger partial charge on any atom is -0.323 e. The van der Waals surface area contributed by atoms with E-state index in [9.17, 15) is 22.8 Å². The van der Waals surface area contributed by atoms with Gasteiger partial charge >= 0.3 is 12.2 Å². The van der Waals surface area contributed by atoms with Gasteiger partial charge in [0.25, 0.3) is 5.91 Å². The number of carbonyl (C=O) groups excluding carboxylic acids is 2. The van der Waals surface area contributed by atoms with Crippen molar-refractivity contribution in [2.24, 2.45) is 0 Å². The quantitative estimate of drug-likeness (QED) is 0.254. The molecule has 9 nitrogen and oxygen atoms in total. The summed E-state index contributed by atoms with van der Waals surface area (Å²) >= 11 is 0.